The Morgan fingerprint density at radius 1 is 1.29 bits per heavy atom. The van der Waals surface area contributed by atoms with Crippen LogP contribution in [-0.4, -0.2) is 10.9 Å². The summed E-state index contributed by atoms with van der Waals surface area (Å²) in [5.41, 5.74) is 5.98. The molecule has 2 heterocycles. The molecular weight excluding hydrogens is 438 g/mol. The number of hydrogen-bond donors (Lipinski definition) is 2. The quantitative estimate of drug-likeness (QED) is 0.596. The first-order chi connectivity index (χ1) is 13.3. The molecule has 0 aliphatic carbocycles. The maximum atomic E-state index is 13.9. The highest BCUT2D eigenvalue weighted by Crippen LogP contribution is 2.31. The summed E-state index contributed by atoms with van der Waals surface area (Å²) in [6.45, 7) is 1.46. The molecule has 0 saturated heterocycles. The fraction of sp³-hybridized carbons (Fsp3) is 0.158. The molecule has 3 N–H and O–H groups in total. The zero-order valence-corrected chi connectivity index (χ0v) is 16.2. The number of amides is 1. The second-order valence-corrected chi connectivity index (χ2v) is 6.83. The molecule has 0 spiro atoms. The molecule has 0 unspecified atom stereocenters. The number of halogens is 3. The molecule has 0 fully saturated rings. The number of nitrogens with one attached hydrogen (secondary N) is 1. The average Bonchev–Trinajstić information content (AvgIpc) is 3.09. The first kappa shape index (κ1) is 19.8. The van der Waals surface area contributed by atoms with Gasteiger partial charge in [0.05, 0.1) is 0 Å². The minimum Gasteiger partial charge on any atom is -0.487 e. The van der Waals surface area contributed by atoms with Gasteiger partial charge in [-0.05, 0) is 47.1 Å². The molecule has 146 valence electrons. The van der Waals surface area contributed by atoms with Crippen LogP contribution in [0.15, 0.2) is 44.0 Å². The maximum Gasteiger partial charge on any atom is 0.284 e. The highest BCUT2D eigenvalue weighted by atomic mass is 79.9. The van der Waals surface area contributed by atoms with Gasteiger partial charge in [-0.3, -0.25) is 9.59 Å². The Morgan fingerprint density at radius 2 is 2.04 bits per heavy atom. The number of H-pyrrole nitrogens is 1. The Hall–Kier alpha value is -2.94. The van der Waals surface area contributed by atoms with Crippen molar-refractivity contribution < 1.29 is 22.7 Å². The van der Waals surface area contributed by atoms with Crippen molar-refractivity contribution in [1.82, 2.24) is 4.98 Å². The molecule has 9 heteroatoms. The van der Waals surface area contributed by atoms with Crippen LogP contribution in [-0.2, 0) is 13.0 Å². The molecule has 2 aromatic heterocycles. The predicted octanol–water partition coefficient (Wildman–Crippen LogP) is 3.59. The van der Waals surface area contributed by atoms with Gasteiger partial charge in [0.2, 0.25) is 0 Å². The summed E-state index contributed by atoms with van der Waals surface area (Å²) in [4.78, 5) is 26.0. The Labute approximate surface area is 166 Å². The lowest BCUT2D eigenvalue weighted by molar-refractivity contribution is 0.0972. The first-order valence-electron chi connectivity index (χ1n) is 8.12. The van der Waals surface area contributed by atoms with Crippen LogP contribution < -0.4 is 16.0 Å². The van der Waals surface area contributed by atoms with Crippen molar-refractivity contribution in [1.29, 1.82) is 0 Å². The lowest BCUT2D eigenvalue weighted by Crippen LogP contribution is -2.15. The molecule has 3 aromatic rings. The second-order valence-electron chi connectivity index (χ2n) is 6.03. The number of hydrogen-bond acceptors (Lipinski definition) is 4. The molecule has 0 aliphatic rings. The van der Waals surface area contributed by atoms with Crippen LogP contribution in [0, 0.1) is 18.6 Å². The standard InChI is InChI=1S/C19H15BrF2N2O4/c1-9-13(7-12-4-5-15(28-12)18(23)25)17(16(20)19(26)24-9)27-8-10-2-3-11(21)6-14(10)22/h2-6H,7-8H2,1H3,(H2,23,25)(H,24,26). The van der Waals surface area contributed by atoms with Crippen LogP contribution in [0.4, 0.5) is 8.78 Å². The molecule has 0 aliphatic heterocycles. The molecule has 3 rings (SSSR count). The lowest BCUT2D eigenvalue weighted by Gasteiger charge is -2.15. The molecule has 1 amide bonds. The van der Waals surface area contributed by atoms with Crippen molar-refractivity contribution in [2.75, 3.05) is 0 Å². The van der Waals surface area contributed by atoms with Gasteiger partial charge >= 0.3 is 0 Å². The summed E-state index contributed by atoms with van der Waals surface area (Å²) in [6.07, 6.45) is 0.190. The number of pyridine rings is 1. The van der Waals surface area contributed by atoms with E-state index in [1.165, 1.54) is 12.1 Å². The normalized spacial score (nSPS) is 10.9. The third-order valence-electron chi connectivity index (χ3n) is 4.07. The van der Waals surface area contributed by atoms with Gasteiger partial charge in [-0.2, -0.15) is 0 Å². The number of rotatable bonds is 6. The Balaban J connectivity index is 1.94. The van der Waals surface area contributed by atoms with Gasteiger partial charge in [-0.15, -0.1) is 0 Å². The fourth-order valence-electron chi connectivity index (χ4n) is 2.64. The van der Waals surface area contributed by atoms with E-state index in [4.69, 9.17) is 14.9 Å². The molecule has 0 radical (unpaired) electrons. The monoisotopic (exact) mass is 452 g/mol. The zero-order chi connectivity index (χ0) is 20.4. The molecule has 0 saturated carbocycles. The van der Waals surface area contributed by atoms with Crippen LogP contribution >= 0.6 is 15.9 Å². The summed E-state index contributed by atoms with van der Waals surface area (Å²) in [6, 6.07) is 6.18. The number of carbonyl (C=O) groups is 1. The van der Waals surface area contributed by atoms with Gasteiger partial charge in [0.25, 0.3) is 11.5 Å². The molecule has 6 nitrogen and oxygen atoms in total. The molecule has 0 bridgehead atoms. The van der Waals surface area contributed by atoms with Gasteiger partial charge in [-0.1, -0.05) is 0 Å². The summed E-state index contributed by atoms with van der Waals surface area (Å²) < 4.78 is 38.2. The number of nitrogens with two attached hydrogens (primary N) is 1. The van der Waals surface area contributed by atoms with Crippen LogP contribution in [0.25, 0.3) is 0 Å². The summed E-state index contributed by atoms with van der Waals surface area (Å²) in [7, 11) is 0. The number of ether oxygens (including phenoxy) is 1. The average molecular weight is 453 g/mol. The van der Waals surface area contributed by atoms with Crippen molar-refractivity contribution in [3.63, 3.8) is 0 Å². The van der Waals surface area contributed by atoms with Crippen molar-refractivity contribution in [3.8, 4) is 5.75 Å². The van der Waals surface area contributed by atoms with Crippen molar-refractivity contribution >= 4 is 21.8 Å². The summed E-state index contributed by atoms with van der Waals surface area (Å²) in [5.74, 6) is -1.52. The predicted molar refractivity (Wildman–Crippen MR) is 100 cm³/mol. The Bertz CT molecular complexity index is 1110. The van der Waals surface area contributed by atoms with Crippen molar-refractivity contribution in [2.24, 2.45) is 5.73 Å². The van der Waals surface area contributed by atoms with Crippen molar-refractivity contribution in [3.05, 3.63) is 85.1 Å². The van der Waals surface area contributed by atoms with E-state index in [1.54, 1.807) is 13.0 Å². The minimum absolute atomic E-state index is 0.00648. The molecule has 0 atom stereocenters. The highest BCUT2D eigenvalue weighted by molar-refractivity contribution is 9.10. The van der Waals surface area contributed by atoms with Crippen LogP contribution in [0.5, 0.6) is 5.75 Å². The topological polar surface area (TPSA) is 98.3 Å². The fourth-order valence-corrected chi connectivity index (χ4v) is 3.09. The summed E-state index contributed by atoms with van der Waals surface area (Å²) >= 11 is 3.18. The Morgan fingerprint density at radius 3 is 2.68 bits per heavy atom. The maximum absolute atomic E-state index is 13.9. The van der Waals surface area contributed by atoms with Crippen LogP contribution in [0.2, 0.25) is 0 Å². The van der Waals surface area contributed by atoms with E-state index < -0.39 is 23.1 Å². The van der Waals surface area contributed by atoms with Gasteiger partial charge in [0.1, 0.15) is 34.2 Å². The van der Waals surface area contributed by atoms with E-state index in [2.05, 4.69) is 20.9 Å². The van der Waals surface area contributed by atoms with E-state index in [0.29, 0.717) is 17.0 Å². The second kappa shape index (κ2) is 7.97. The first-order valence-corrected chi connectivity index (χ1v) is 8.92. The number of carbonyl (C=O) groups excluding carboxylic acids is 1. The van der Waals surface area contributed by atoms with E-state index in [9.17, 15) is 18.4 Å². The van der Waals surface area contributed by atoms with Gasteiger partial charge in [0.15, 0.2) is 5.76 Å². The largest absolute Gasteiger partial charge is 0.487 e. The van der Waals surface area contributed by atoms with Gasteiger partial charge in [0, 0.05) is 29.3 Å². The number of primary amides is 1. The number of aromatic nitrogens is 1. The smallest absolute Gasteiger partial charge is 0.284 e. The minimum atomic E-state index is -0.753. The molecular formula is C19H15BrF2N2O4. The third kappa shape index (κ3) is 4.14. The Kier molecular flexibility index (Phi) is 5.64. The lowest BCUT2D eigenvalue weighted by atomic mass is 10.1. The van der Waals surface area contributed by atoms with E-state index >= 15 is 0 Å². The highest BCUT2D eigenvalue weighted by Gasteiger charge is 2.19. The number of furan rings is 1. The van der Waals surface area contributed by atoms with Crippen LogP contribution in [0.3, 0.4) is 0 Å². The van der Waals surface area contributed by atoms with Gasteiger partial charge < -0.3 is 19.9 Å². The van der Waals surface area contributed by atoms with E-state index in [-0.39, 0.29) is 34.6 Å². The van der Waals surface area contributed by atoms with E-state index in [0.717, 1.165) is 12.1 Å². The number of aromatic amines is 1. The third-order valence-corrected chi connectivity index (χ3v) is 4.79. The van der Waals surface area contributed by atoms with Gasteiger partial charge in [-0.25, -0.2) is 8.78 Å². The van der Waals surface area contributed by atoms with E-state index in [1.807, 2.05) is 0 Å². The summed E-state index contributed by atoms with van der Waals surface area (Å²) in [5, 5.41) is 0. The van der Waals surface area contributed by atoms with Crippen LogP contribution in [0.1, 0.15) is 33.1 Å². The van der Waals surface area contributed by atoms with Crippen molar-refractivity contribution in [2.45, 2.75) is 20.0 Å². The number of benzene rings is 1. The number of aryl methyl sites for hydroxylation is 1. The SMILES string of the molecule is Cc1[nH]c(=O)c(Br)c(OCc2ccc(F)cc2F)c1Cc1ccc(C(N)=O)o1. The molecule has 1 aromatic carbocycles. The zero-order valence-electron chi connectivity index (χ0n) is 14.6. The molecule has 28 heavy (non-hydrogen) atoms.